The van der Waals surface area contributed by atoms with Crippen molar-refractivity contribution in [3.63, 3.8) is 0 Å². The lowest BCUT2D eigenvalue weighted by molar-refractivity contribution is -0.0448. The van der Waals surface area contributed by atoms with Crippen molar-refractivity contribution in [1.29, 1.82) is 0 Å². The number of aliphatic hydroxyl groups excluding tert-OH is 1. The van der Waals surface area contributed by atoms with Crippen LogP contribution in [0.1, 0.15) is 10.5 Å². The minimum atomic E-state index is -0.289. The van der Waals surface area contributed by atoms with Crippen LogP contribution in [0, 0.1) is 0 Å². The second-order valence-corrected chi connectivity index (χ2v) is 4.70. The van der Waals surface area contributed by atoms with Crippen LogP contribution in [-0.4, -0.2) is 53.3 Å². The van der Waals surface area contributed by atoms with Gasteiger partial charge in [-0.1, -0.05) is 0 Å². The summed E-state index contributed by atoms with van der Waals surface area (Å²) in [6.07, 6.45) is 1.31. The Balaban J connectivity index is 2.06. The third-order valence-corrected chi connectivity index (χ3v) is 3.05. The van der Waals surface area contributed by atoms with Crippen molar-refractivity contribution in [1.82, 2.24) is 9.88 Å². The quantitative estimate of drug-likeness (QED) is 0.872. The topological polar surface area (TPSA) is 62.7 Å². The van der Waals surface area contributed by atoms with Gasteiger partial charge in [0.2, 0.25) is 0 Å². The first kappa shape index (κ1) is 12.5. The molecule has 1 unspecified atom stereocenters. The van der Waals surface area contributed by atoms with E-state index in [1.807, 2.05) is 0 Å². The highest BCUT2D eigenvalue weighted by Crippen LogP contribution is 2.12. The molecule has 0 aromatic carbocycles. The van der Waals surface area contributed by atoms with E-state index in [1.165, 1.54) is 0 Å². The number of aromatic nitrogens is 1. The number of amides is 1. The Hall–Kier alpha value is -0.980. The average molecular weight is 301 g/mol. The number of halogens is 1. The van der Waals surface area contributed by atoms with Gasteiger partial charge in [0.15, 0.2) is 0 Å². The van der Waals surface area contributed by atoms with E-state index < -0.39 is 0 Å². The molecule has 1 fully saturated rings. The molecule has 1 N–H and O–H groups in total. The number of hydrogen-bond acceptors (Lipinski definition) is 4. The predicted octanol–water partition coefficient (Wildman–Crippen LogP) is 0.677. The first-order valence-corrected chi connectivity index (χ1v) is 6.13. The van der Waals surface area contributed by atoms with E-state index >= 15 is 0 Å². The van der Waals surface area contributed by atoms with Crippen LogP contribution in [0.15, 0.2) is 22.8 Å². The third-order valence-electron chi connectivity index (χ3n) is 2.58. The van der Waals surface area contributed by atoms with Gasteiger partial charge in [-0.3, -0.25) is 4.79 Å². The molecule has 1 aliphatic rings. The summed E-state index contributed by atoms with van der Waals surface area (Å²) in [5, 5.41) is 9.01. The number of ether oxygens (including phenoxy) is 1. The maximum Gasteiger partial charge on any atom is 0.272 e. The molecule has 2 heterocycles. The van der Waals surface area contributed by atoms with Crippen LogP contribution in [0.4, 0.5) is 0 Å². The van der Waals surface area contributed by atoms with Gasteiger partial charge in [-0.05, 0) is 28.1 Å². The molecule has 2 rings (SSSR count). The first-order chi connectivity index (χ1) is 8.20. The van der Waals surface area contributed by atoms with Crippen molar-refractivity contribution in [2.45, 2.75) is 6.10 Å². The highest BCUT2D eigenvalue weighted by Gasteiger charge is 2.25. The molecule has 1 atom stereocenters. The highest BCUT2D eigenvalue weighted by molar-refractivity contribution is 9.10. The first-order valence-electron chi connectivity index (χ1n) is 5.34. The number of rotatable bonds is 2. The van der Waals surface area contributed by atoms with Gasteiger partial charge < -0.3 is 14.7 Å². The van der Waals surface area contributed by atoms with Gasteiger partial charge in [0.05, 0.1) is 19.3 Å². The minimum Gasteiger partial charge on any atom is -0.394 e. The molecular weight excluding hydrogens is 288 g/mol. The van der Waals surface area contributed by atoms with Crippen molar-refractivity contribution in [3.05, 3.63) is 28.5 Å². The van der Waals surface area contributed by atoms with Crippen molar-refractivity contribution < 1.29 is 14.6 Å². The Kier molecular flexibility index (Phi) is 4.09. The molecule has 92 valence electrons. The monoisotopic (exact) mass is 300 g/mol. The van der Waals surface area contributed by atoms with E-state index in [2.05, 4.69) is 20.9 Å². The number of hydrogen-bond donors (Lipinski definition) is 1. The van der Waals surface area contributed by atoms with Crippen LogP contribution in [0.2, 0.25) is 0 Å². The third kappa shape index (κ3) is 3.02. The van der Waals surface area contributed by atoms with E-state index in [0.29, 0.717) is 25.4 Å². The second kappa shape index (κ2) is 5.57. The van der Waals surface area contributed by atoms with Gasteiger partial charge in [0.25, 0.3) is 5.91 Å². The number of carbonyl (C=O) groups is 1. The summed E-state index contributed by atoms with van der Waals surface area (Å²) >= 11 is 3.27. The molecule has 0 radical (unpaired) electrons. The summed E-state index contributed by atoms with van der Waals surface area (Å²) in [5.74, 6) is -0.126. The fourth-order valence-corrected chi connectivity index (χ4v) is 1.91. The Bertz CT molecular complexity index is 396. The lowest BCUT2D eigenvalue weighted by Gasteiger charge is -2.31. The molecule has 6 heteroatoms. The Morgan fingerprint density at radius 2 is 2.47 bits per heavy atom. The SMILES string of the molecule is O=C(c1ccc(Br)cn1)N1CCOC(CO)C1. The summed E-state index contributed by atoms with van der Waals surface area (Å²) in [5.41, 5.74) is 0.409. The number of aliphatic hydroxyl groups is 1. The number of nitrogens with zero attached hydrogens (tertiary/aromatic N) is 2. The molecule has 1 aromatic heterocycles. The lowest BCUT2D eigenvalue weighted by Crippen LogP contribution is -2.47. The van der Waals surface area contributed by atoms with E-state index in [-0.39, 0.29) is 18.6 Å². The predicted molar refractivity (Wildman–Crippen MR) is 64.7 cm³/mol. The number of carbonyl (C=O) groups excluding carboxylic acids is 1. The Morgan fingerprint density at radius 3 is 3.12 bits per heavy atom. The van der Waals surface area contributed by atoms with Gasteiger partial charge in [-0.2, -0.15) is 0 Å². The molecule has 1 saturated heterocycles. The Morgan fingerprint density at radius 1 is 1.65 bits per heavy atom. The zero-order chi connectivity index (χ0) is 12.3. The molecule has 0 aliphatic carbocycles. The smallest absolute Gasteiger partial charge is 0.272 e. The van der Waals surface area contributed by atoms with Crippen molar-refractivity contribution in [3.8, 4) is 0 Å². The van der Waals surface area contributed by atoms with E-state index in [4.69, 9.17) is 9.84 Å². The fraction of sp³-hybridized carbons (Fsp3) is 0.455. The Labute approximate surface area is 108 Å². The number of morpholine rings is 1. The molecule has 0 spiro atoms. The van der Waals surface area contributed by atoms with Gasteiger partial charge >= 0.3 is 0 Å². The summed E-state index contributed by atoms with van der Waals surface area (Å²) < 4.78 is 6.13. The van der Waals surface area contributed by atoms with Crippen LogP contribution in [0.25, 0.3) is 0 Å². The molecule has 1 aliphatic heterocycles. The van der Waals surface area contributed by atoms with Gasteiger partial charge in [0, 0.05) is 23.8 Å². The summed E-state index contributed by atoms with van der Waals surface area (Å²) in [4.78, 5) is 17.8. The van der Waals surface area contributed by atoms with Crippen molar-refractivity contribution in [2.75, 3.05) is 26.3 Å². The standard InChI is InChI=1S/C11H13BrN2O3/c12-8-1-2-10(13-5-8)11(16)14-3-4-17-9(6-14)7-15/h1-2,5,9,15H,3-4,6-7H2. The maximum atomic E-state index is 12.1. The molecule has 5 nitrogen and oxygen atoms in total. The van der Waals surface area contributed by atoms with Gasteiger partial charge in [0.1, 0.15) is 5.69 Å². The van der Waals surface area contributed by atoms with Crippen LogP contribution >= 0.6 is 15.9 Å². The van der Waals surface area contributed by atoms with Crippen molar-refractivity contribution >= 4 is 21.8 Å². The zero-order valence-corrected chi connectivity index (χ0v) is 10.8. The van der Waals surface area contributed by atoms with Crippen LogP contribution in [-0.2, 0) is 4.74 Å². The fourth-order valence-electron chi connectivity index (χ4n) is 1.68. The van der Waals surface area contributed by atoms with Gasteiger partial charge in [-0.15, -0.1) is 0 Å². The summed E-state index contributed by atoms with van der Waals surface area (Å²) in [6.45, 7) is 1.32. The van der Waals surface area contributed by atoms with Crippen molar-refractivity contribution in [2.24, 2.45) is 0 Å². The largest absolute Gasteiger partial charge is 0.394 e. The molecule has 0 bridgehead atoms. The van der Waals surface area contributed by atoms with Crippen LogP contribution in [0.5, 0.6) is 0 Å². The molecule has 1 amide bonds. The molecule has 1 aromatic rings. The average Bonchev–Trinajstić information content (AvgIpc) is 2.39. The molecular formula is C11H13BrN2O3. The highest BCUT2D eigenvalue weighted by atomic mass is 79.9. The van der Waals surface area contributed by atoms with Crippen LogP contribution in [0.3, 0.4) is 0 Å². The summed E-state index contributed by atoms with van der Waals surface area (Å²) in [7, 11) is 0. The lowest BCUT2D eigenvalue weighted by atomic mass is 10.2. The van der Waals surface area contributed by atoms with Gasteiger partial charge in [-0.25, -0.2) is 4.98 Å². The number of pyridine rings is 1. The summed E-state index contributed by atoms with van der Waals surface area (Å²) in [6, 6.07) is 3.46. The zero-order valence-electron chi connectivity index (χ0n) is 9.17. The normalized spacial score (nSPS) is 20.4. The van der Waals surface area contributed by atoms with Crippen LogP contribution < -0.4 is 0 Å². The second-order valence-electron chi connectivity index (χ2n) is 3.79. The van der Waals surface area contributed by atoms with E-state index in [1.54, 1.807) is 23.2 Å². The molecule has 0 saturated carbocycles. The minimum absolute atomic E-state index is 0.0719. The van der Waals surface area contributed by atoms with E-state index in [9.17, 15) is 4.79 Å². The molecule has 17 heavy (non-hydrogen) atoms. The van der Waals surface area contributed by atoms with E-state index in [0.717, 1.165) is 4.47 Å². The maximum absolute atomic E-state index is 12.1.